The molecule has 0 fully saturated rings. The van der Waals surface area contributed by atoms with Crippen molar-refractivity contribution in [3.63, 3.8) is 0 Å². The molecular weight excluding hydrogens is 540 g/mol. The molecule has 1 aliphatic carbocycles. The molecule has 0 saturated carbocycles. The number of carbonyl (C=O) groups excluding carboxylic acids is 2. The van der Waals surface area contributed by atoms with Crippen LogP contribution in [-0.4, -0.2) is 38.5 Å². The molecule has 0 unspecified atom stereocenters. The van der Waals surface area contributed by atoms with Crippen molar-refractivity contribution < 1.29 is 18.7 Å². The van der Waals surface area contributed by atoms with Crippen LogP contribution in [0, 0.1) is 0 Å². The van der Waals surface area contributed by atoms with Gasteiger partial charge in [0.2, 0.25) is 11.7 Å². The molecule has 0 aliphatic heterocycles. The van der Waals surface area contributed by atoms with Crippen molar-refractivity contribution in [3.8, 4) is 11.6 Å². The van der Waals surface area contributed by atoms with E-state index in [9.17, 15) is 9.59 Å². The summed E-state index contributed by atoms with van der Waals surface area (Å²) in [5, 5.41) is 12.5. The van der Waals surface area contributed by atoms with E-state index in [1.165, 1.54) is 23.1 Å². The molecule has 0 atom stereocenters. The van der Waals surface area contributed by atoms with Gasteiger partial charge >= 0.3 is 5.97 Å². The number of aromatic nitrogens is 3. The average Bonchev–Trinajstić information content (AvgIpc) is 3.48. The van der Waals surface area contributed by atoms with Crippen molar-refractivity contribution in [1.82, 2.24) is 14.8 Å². The number of halogens is 1. The van der Waals surface area contributed by atoms with Gasteiger partial charge in [-0.1, -0.05) is 17.8 Å². The zero-order valence-electron chi connectivity index (χ0n) is 18.9. The highest BCUT2D eigenvalue weighted by molar-refractivity contribution is 9.10. The summed E-state index contributed by atoms with van der Waals surface area (Å²) in [5.74, 6) is 0.626. The summed E-state index contributed by atoms with van der Waals surface area (Å²) in [4.78, 5) is 26.8. The second kappa shape index (κ2) is 10.9. The number of thiophene rings is 1. The molecule has 3 aromatic rings. The fourth-order valence-corrected chi connectivity index (χ4v) is 6.09. The zero-order valence-corrected chi connectivity index (χ0v) is 22.1. The molecule has 0 radical (unpaired) electrons. The Labute approximate surface area is 214 Å². The van der Waals surface area contributed by atoms with E-state index in [0.29, 0.717) is 38.5 Å². The number of anilines is 1. The van der Waals surface area contributed by atoms with Gasteiger partial charge in [0.15, 0.2) is 15.6 Å². The number of fused-ring (bicyclic) bond motifs is 1. The van der Waals surface area contributed by atoms with Crippen LogP contribution in [0.15, 0.2) is 39.0 Å². The first-order valence-electron chi connectivity index (χ1n) is 10.9. The monoisotopic (exact) mass is 564 g/mol. The molecule has 3 heterocycles. The topological polar surface area (TPSA) is 99.2 Å². The number of hydrogen-bond donors (Lipinski definition) is 1. The first kappa shape index (κ1) is 24.7. The number of thioether (sulfide) groups is 1. The summed E-state index contributed by atoms with van der Waals surface area (Å²) in [7, 11) is 0. The second-order valence-electron chi connectivity index (χ2n) is 8.02. The summed E-state index contributed by atoms with van der Waals surface area (Å²) in [5.41, 5.74) is 1.53. The quantitative estimate of drug-likeness (QED) is 0.201. The van der Waals surface area contributed by atoms with Crippen molar-refractivity contribution in [1.29, 1.82) is 0 Å². The number of aryl methyl sites for hydroxylation is 1. The van der Waals surface area contributed by atoms with Gasteiger partial charge in [0.05, 0.1) is 17.4 Å². The number of nitrogens with one attached hydrogen (secondary N) is 1. The SMILES string of the molecule is C=CCn1c(SCC(=O)Nc2sc3c(c2C(=O)OC(C)C)CCCC3)nnc1-c1ccc(Br)o1. The van der Waals surface area contributed by atoms with E-state index in [1.807, 2.05) is 18.4 Å². The Morgan fingerprint density at radius 3 is 2.85 bits per heavy atom. The molecule has 0 bridgehead atoms. The maximum Gasteiger partial charge on any atom is 0.341 e. The summed E-state index contributed by atoms with van der Waals surface area (Å²) in [6.07, 6.45) is 5.37. The van der Waals surface area contributed by atoms with Gasteiger partial charge in [0.1, 0.15) is 5.00 Å². The smallest absolute Gasteiger partial charge is 0.341 e. The molecule has 1 N–H and O–H groups in total. The normalized spacial score (nSPS) is 13.1. The van der Waals surface area contributed by atoms with E-state index in [1.54, 1.807) is 18.2 Å². The molecule has 180 valence electrons. The molecule has 0 aromatic carbocycles. The average molecular weight is 566 g/mol. The van der Waals surface area contributed by atoms with Crippen LogP contribution in [0.4, 0.5) is 5.00 Å². The maximum atomic E-state index is 12.9. The molecular formula is C23H25BrN4O4S2. The largest absolute Gasteiger partial charge is 0.459 e. The highest BCUT2D eigenvalue weighted by Gasteiger charge is 2.28. The number of nitrogens with zero attached hydrogens (tertiary/aromatic N) is 3. The van der Waals surface area contributed by atoms with E-state index in [0.717, 1.165) is 36.1 Å². The van der Waals surface area contributed by atoms with Crippen molar-refractivity contribution in [2.45, 2.75) is 57.3 Å². The van der Waals surface area contributed by atoms with Gasteiger partial charge in [-0.2, -0.15) is 0 Å². The minimum atomic E-state index is -0.377. The fraction of sp³-hybridized carbons (Fsp3) is 0.391. The minimum Gasteiger partial charge on any atom is -0.459 e. The van der Waals surface area contributed by atoms with Gasteiger partial charge in [-0.05, 0) is 73.2 Å². The Balaban J connectivity index is 1.50. The lowest BCUT2D eigenvalue weighted by Crippen LogP contribution is -2.19. The lowest BCUT2D eigenvalue weighted by atomic mass is 9.95. The Hall–Kier alpha value is -2.37. The number of rotatable bonds is 9. The molecule has 3 aromatic heterocycles. The van der Waals surface area contributed by atoms with Crippen LogP contribution < -0.4 is 5.32 Å². The second-order valence-corrected chi connectivity index (χ2v) is 10.8. The van der Waals surface area contributed by atoms with Gasteiger partial charge < -0.3 is 14.5 Å². The first-order chi connectivity index (χ1) is 16.4. The van der Waals surface area contributed by atoms with Gasteiger partial charge in [-0.25, -0.2) is 4.79 Å². The van der Waals surface area contributed by atoms with Crippen LogP contribution in [0.1, 0.15) is 47.5 Å². The van der Waals surface area contributed by atoms with Crippen LogP contribution >= 0.6 is 39.0 Å². The van der Waals surface area contributed by atoms with Gasteiger partial charge in [-0.3, -0.25) is 9.36 Å². The Morgan fingerprint density at radius 2 is 2.15 bits per heavy atom. The van der Waals surface area contributed by atoms with E-state index >= 15 is 0 Å². The van der Waals surface area contributed by atoms with E-state index in [2.05, 4.69) is 38.0 Å². The minimum absolute atomic E-state index is 0.109. The molecule has 4 rings (SSSR count). The van der Waals surface area contributed by atoms with E-state index in [-0.39, 0.29) is 23.7 Å². The highest BCUT2D eigenvalue weighted by atomic mass is 79.9. The van der Waals surface area contributed by atoms with E-state index < -0.39 is 0 Å². The van der Waals surface area contributed by atoms with Crippen LogP contribution in [0.2, 0.25) is 0 Å². The summed E-state index contributed by atoms with van der Waals surface area (Å²) >= 11 is 6.03. The predicted molar refractivity (Wildman–Crippen MR) is 136 cm³/mol. The van der Waals surface area contributed by atoms with Crippen LogP contribution in [0.3, 0.4) is 0 Å². The lowest BCUT2D eigenvalue weighted by molar-refractivity contribution is -0.113. The third kappa shape index (κ3) is 5.47. The standard InChI is InChI=1S/C23H25BrN4O4S2/c1-4-11-28-20(15-9-10-17(24)32-15)26-27-23(28)33-12-18(29)25-21-19(22(30)31-13(2)3)14-7-5-6-8-16(14)34-21/h4,9-10,13H,1,5-8,11-12H2,2-3H3,(H,25,29). The summed E-state index contributed by atoms with van der Waals surface area (Å²) < 4.78 is 13.5. The number of carbonyl (C=O) groups is 2. The number of hydrogen-bond acceptors (Lipinski definition) is 8. The van der Waals surface area contributed by atoms with Crippen molar-refractivity contribution >= 4 is 55.9 Å². The van der Waals surface area contributed by atoms with E-state index in [4.69, 9.17) is 9.15 Å². The predicted octanol–water partition coefficient (Wildman–Crippen LogP) is 5.72. The summed E-state index contributed by atoms with van der Waals surface area (Å²) in [6.45, 7) is 7.90. The molecule has 1 aliphatic rings. The molecule has 1 amide bonds. The molecule has 34 heavy (non-hydrogen) atoms. The van der Waals surface area contributed by atoms with Gasteiger partial charge in [0.25, 0.3) is 0 Å². The third-order valence-electron chi connectivity index (χ3n) is 5.13. The van der Waals surface area contributed by atoms with Crippen LogP contribution in [-0.2, 0) is 28.9 Å². The third-order valence-corrected chi connectivity index (χ3v) is 7.73. The zero-order chi connectivity index (χ0) is 24.2. The van der Waals surface area contributed by atoms with Crippen molar-refractivity contribution in [3.05, 3.63) is 45.5 Å². The first-order valence-corrected chi connectivity index (χ1v) is 13.5. The van der Waals surface area contributed by atoms with Crippen LogP contribution in [0.5, 0.6) is 0 Å². The molecule has 8 nitrogen and oxygen atoms in total. The Bertz CT molecular complexity index is 1210. The Morgan fingerprint density at radius 1 is 1.35 bits per heavy atom. The molecule has 11 heteroatoms. The fourth-order valence-electron chi connectivity index (χ4n) is 3.74. The number of allylic oxidation sites excluding steroid dienone is 1. The van der Waals surface area contributed by atoms with Gasteiger partial charge in [0, 0.05) is 11.4 Å². The van der Waals surface area contributed by atoms with Gasteiger partial charge in [-0.15, -0.1) is 28.1 Å². The lowest BCUT2D eigenvalue weighted by Gasteiger charge is -2.14. The number of esters is 1. The number of ether oxygens (including phenoxy) is 1. The maximum absolute atomic E-state index is 12.9. The number of amides is 1. The molecule has 0 spiro atoms. The Kier molecular flexibility index (Phi) is 7.95. The molecule has 0 saturated heterocycles. The summed E-state index contributed by atoms with van der Waals surface area (Å²) in [6, 6.07) is 3.58. The highest BCUT2D eigenvalue weighted by Crippen LogP contribution is 2.39. The van der Waals surface area contributed by atoms with Crippen LogP contribution in [0.25, 0.3) is 11.6 Å². The van der Waals surface area contributed by atoms with Crippen molar-refractivity contribution in [2.24, 2.45) is 0 Å². The van der Waals surface area contributed by atoms with Crippen molar-refractivity contribution in [2.75, 3.05) is 11.1 Å². The number of furan rings is 1.